The van der Waals surface area contributed by atoms with E-state index in [0.29, 0.717) is 18.8 Å². The lowest BCUT2D eigenvalue weighted by atomic mass is 10.1. The number of para-hydroxylation sites is 1. The zero-order chi connectivity index (χ0) is 14.7. The summed E-state index contributed by atoms with van der Waals surface area (Å²) in [7, 11) is 0. The molecule has 0 aliphatic rings. The lowest BCUT2D eigenvalue weighted by Crippen LogP contribution is -2.02. The molecule has 3 rings (SSSR count). The number of hydrogen-bond donors (Lipinski definition) is 1. The molecule has 0 aliphatic carbocycles. The maximum Gasteiger partial charge on any atom is 0.137 e. The van der Waals surface area contributed by atoms with E-state index < -0.39 is 6.10 Å². The number of rotatable bonds is 5. The zero-order valence-corrected chi connectivity index (χ0v) is 11.9. The molecule has 2 heterocycles. The number of aromatic nitrogens is 2. The summed E-state index contributed by atoms with van der Waals surface area (Å²) in [5, 5.41) is 10.0. The van der Waals surface area contributed by atoms with Gasteiger partial charge in [0, 0.05) is 18.0 Å². The molecule has 0 saturated carbocycles. The van der Waals surface area contributed by atoms with Crippen molar-refractivity contribution in [2.24, 2.45) is 0 Å². The van der Waals surface area contributed by atoms with E-state index in [9.17, 15) is 5.11 Å². The van der Waals surface area contributed by atoms with E-state index in [2.05, 4.69) is 4.98 Å². The second-order valence-electron chi connectivity index (χ2n) is 4.95. The van der Waals surface area contributed by atoms with Crippen LogP contribution in [0.1, 0.15) is 30.7 Å². The molecule has 0 radical (unpaired) electrons. The molecular weight excluding hydrogens is 264 g/mol. The number of ether oxygens (including phenoxy) is 1. The van der Waals surface area contributed by atoms with Gasteiger partial charge in [0.15, 0.2) is 0 Å². The first-order valence-corrected chi connectivity index (χ1v) is 7.10. The maximum absolute atomic E-state index is 10.0. The summed E-state index contributed by atoms with van der Waals surface area (Å²) in [4.78, 5) is 4.50. The van der Waals surface area contributed by atoms with Crippen LogP contribution in [-0.2, 0) is 6.61 Å². The summed E-state index contributed by atoms with van der Waals surface area (Å²) in [6.45, 7) is 2.33. The summed E-state index contributed by atoms with van der Waals surface area (Å²) >= 11 is 0. The zero-order valence-electron chi connectivity index (χ0n) is 11.9. The molecular formula is C17H18N2O2. The molecule has 4 heteroatoms. The Balaban J connectivity index is 1.78. The van der Waals surface area contributed by atoms with E-state index in [4.69, 9.17) is 4.74 Å². The molecule has 3 aromatic rings. The number of aliphatic hydroxyl groups excluding tert-OH is 1. The van der Waals surface area contributed by atoms with Crippen molar-refractivity contribution >= 4 is 5.65 Å². The number of fused-ring (bicyclic) bond motifs is 1. The largest absolute Gasteiger partial charge is 0.487 e. The van der Waals surface area contributed by atoms with E-state index in [1.165, 1.54) is 0 Å². The van der Waals surface area contributed by atoms with Crippen molar-refractivity contribution in [3.05, 3.63) is 66.1 Å². The Morgan fingerprint density at radius 1 is 1.19 bits per heavy atom. The van der Waals surface area contributed by atoms with Gasteiger partial charge in [-0.05, 0) is 24.6 Å². The lowest BCUT2D eigenvalue weighted by Gasteiger charge is -2.14. The summed E-state index contributed by atoms with van der Waals surface area (Å²) in [6.07, 6.45) is 4.08. The minimum atomic E-state index is -0.498. The topological polar surface area (TPSA) is 46.8 Å². The van der Waals surface area contributed by atoms with E-state index >= 15 is 0 Å². The van der Waals surface area contributed by atoms with Crippen LogP contribution in [0, 0.1) is 0 Å². The predicted octanol–water partition coefficient (Wildman–Crippen LogP) is 3.36. The molecule has 0 aliphatic heterocycles. The van der Waals surface area contributed by atoms with Gasteiger partial charge in [-0.2, -0.15) is 0 Å². The average molecular weight is 282 g/mol. The quantitative estimate of drug-likeness (QED) is 0.780. The van der Waals surface area contributed by atoms with Gasteiger partial charge in [-0.1, -0.05) is 31.2 Å². The van der Waals surface area contributed by atoms with Gasteiger partial charge >= 0.3 is 0 Å². The van der Waals surface area contributed by atoms with Crippen molar-refractivity contribution < 1.29 is 9.84 Å². The second-order valence-corrected chi connectivity index (χ2v) is 4.95. The molecule has 1 aromatic carbocycles. The number of imidazole rings is 1. The van der Waals surface area contributed by atoms with Crippen LogP contribution in [0.25, 0.3) is 5.65 Å². The summed E-state index contributed by atoms with van der Waals surface area (Å²) in [5.41, 5.74) is 2.59. The first-order valence-electron chi connectivity index (χ1n) is 7.10. The maximum atomic E-state index is 10.0. The first-order chi connectivity index (χ1) is 10.3. The molecule has 1 unspecified atom stereocenters. The second kappa shape index (κ2) is 5.97. The average Bonchev–Trinajstić information content (AvgIpc) is 2.95. The van der Waals surface area contributed by atoms with Crippen LogP contribution in [0.4, 0.5) is 0 Å². The minimum absolute atomic E-state index is 0.384. The fourth-order valence-electron chi connectivity index (χ4n) is 2.32. The van der Waals surface area contributed by atoms with Gasteiger partial charge in [-0.3, -0.25) is 0 Å². The number of nitrogens with zero attached hydrogens (tertiary/aromatic N) is 2. The molecule has 0 amide bonds. The Kier molecular flexibility index (Phi) is 3.88. The highest BCUT2D eigenvalue weighted by atomic mass is 16.5. The van der Waals surface area contributed by atoms with Gasteiger partial charge in [0.1, 0.15) is 18.0 Å². The van der Waals surface area contributed by atoms with Crippen molar-refractivity contribution in [1.82, 2.24) is 9.38 Å². The third kappa shape index (κ3) is 2.90. The molecule has 21 heavy (non-hydrogen) atoms. The van der Waals surface area contributed by atoms with Crippen LogP contribution in [0.5, 0.6) is 5.75 Å². The number of aliphatic hydroxyl groups is 1. The van der Waals surface area contributed by atoms with Gasteiger partial charge < -0.3 is 14.2 Å². The van der Waals surface area contributed by atoms with E-state index in [-0.39, 0.29) is 0 Å². The standard InChI is InChI=1S/C17H18N2O2/c1-2-15(20)14-7-3-4-8-16(14)21-12-13-11-19-10-6-5-9-17(19)18-13/h3-11,15,20H,2,12H2,1H3. The Morgan fingerprint density at radius 2 is 2.00 bits per heavy atom. The van der Waals surface area contributed by atoms with E-state index in [1.54, 1.807) is 0 Å². The highest BCUT2D eigenvalue weighted by Crippen LogP contribution is 2.27. The monoisotopic (exact) mass is 282 g/mol. The SMILES string of the molecule is CCC(O)c1ccccc1OCc1cn2ccccc2n1. The molecule has 0 spiro atoms. The third-order valence-electron chi connectivity index (χ3n) is 3.45. The van der Waals surface area contributed by atoms with Gasteiger partial charge in [0.25, 0.3) is 0 Å². The number of benzene rings is 1. The van der Waals surface area contributed by atoms with Crippen LogP contribution >= 0.6 is 0 Å². The highest BCUT2D eigenvalue weighted by molar-refractivity contribution is 5.39. The predicted molar refractivity (Wildman–Crippen MR) is 81.2 cm³/mol. The fourth-order valence-corrected chi connectivity index (χ4v) is 2.32. The van der Waals surface area contributed by atoms with Crippen LogP contribution in [0.3, 0.4) is 0 Å². The molecule has 1 atom stereocenters. The Morgan fingerprint density at radius 3 is 2.81 bits per heavy atom. The van der Waals surface area contributed by atoms with Crippen molar-refractivity contribution in [2.75, 3.05) is 0 Å². The van der Waals surface area contributed by atoms with Crippen LogP contribution in [0.2, 0.25) is 0 Å². The molecule has 0 fully saturated rings. The van der Waals surface area contributed by atoms with Crippen molar-refractivity contribution in [3.63, 3.8) is 0 Å². The van der Waals surface area contributed by atoms with E-state index in [0.717, 1.165) is 16.9 Å². The van der Waals surface area contributed by atoms with E-state index in [1.807, 2.05) is 66.2 Å². The first kappa shape index (κ1) is 13.6. The van der Waals surface area contributed by atoms with Gasteiger partial charge in [-0.15, -0.1) is 0 Å². The van der Waals surface area contributed by atoms with Gasteiger partial charge in [0.05, 0.1) is 11.8 Å². The normalized spacial score (nSPS) is 12.5. The van der Waals surface area contributed by atoms with Crippen LogP contribution < -0.4 is 4.74 Å². The van der Waals surface area contributed by atoms with Crippen molar-refractivity contribution in [1.29, 1.82) is 0 Å². The molecule has 0 saturated heterocycles. The van der Waals surface area contributed by atoms with Crippen molar-refractivity contribution in [3.8, 4) is 5.75 Å². The molecule has 0 bridgehead atoms. The van der Waals surface area contributed by atoms with Crippen molar-refractivity contribution in [2.45, 2.75) is 26.1 Å². The summed E-state index contributed by atoms with van der Waals surface area (Å²) in [6, 6.07) is 13.5. The van der Waals surface area contributed by atoms with Gasteiger partial charge in [0.2, 0.25) is 0 Å². The molecule has 4 nitrogen and oxygen atoms in total. The minimum Gasteiger partial charge on any atom is -0.487 e. The van der Waals surface area contributed by atoms with Crippen LogP contribution in [0.15, 0.2) is 54.9 Å². The fraction of sp³-hybridized carbons (Fsp3) is 0.235. The number of hydrogen-bond acceptors (Lipinski definition) is 3. The molecule has 1 N–H and O–H groups in total. The summed E-state index contributed by atoms with van der Waals surface area (Å²) < 4.78 is 7.80. The van der Waals surface area contributed by atoms with Crippen LogP contribution in [-0.4, -0.2) is 14.5 Å². The smallest absolute Gasteiger partial charge is 0.137 e. The molecule has 2 aromatic heterocycles. The molecule has 108 valence electrons. The Labute approximate surface area is 123 Å². The third-order valence-corrected chi connectivity index (χ3v) is 3.45. The summed E-state index contributed by atoms with van der Waals surface area (Å²) in [5.74, 6) is 0.712. The Hall–Kier alpha value is -2.33. The van der Waals surface area contributed by atoms with Gasteiger partial charge in [-0.25, -0.2) is 4.98 Å². The Bertz CT molecular complexity index is 703. The highest BCUT2D eigenvalue weighted by Gasteiger charge is 2.11. The lowest BCUT2D eigenvalue weighted by molar-refractivity contribution is 0.166. The number of pyridine rings is 1.